The predicted octanol–water partition coefficient (Wildman–Crippen LogP) is 0.520. The summed E-state index contributed by atoms with van der Waals surface area (Å²) in [5.74, 6) is 0. The van der Waals surface area contributed by atoms with Gasteiger partial charge in [0.1, 0.15) is 0 Å². The van der Waals surface area contributed by atoms with E-state index in [0.717, 1.165) is 13.1 Å². The zero-order valence-corrected chi connectivity index (χ0v) is 7.59. The van der Waals surface area contributed by atoms with Crippen molar-refractivity contribution in [3.05, 3.63) is 29.6 Å². The van der Waals surface area contributed by atoms with Crippen molar-refractivity contribution in [1.82, 2.24) is 15.6 Å². The summed E-state index contributed by atoms with van der Waals surface area (Å²) in [6.45, 7) is 1.76. The summed E-state index contributed by atoms with van der Waals surface area (Å²) in [6, 6.07) is 2.15. The van der Waals surface area contributed by atoms with Crippen LogP contribution in [-0.2, 0) is 13.1 Å². The van der Waals surface area contributed by atoms with Crippen molar-refractivity contribution >= 4 is 0 Å². The molecule has 0 aliphatic carbocycles. The third kappa shape index (κ3) is 2.60. The highest BCUT2D eigenvalue weighted by atomic mass is 14.8. The van der Waals surface area contributed by atoms with Gasteiger partial charge in [0.05, 0.1) is 0 Å². The fraction of sp³-hybridized carbons (Fsp3) is 0.444. The van der Waals surface area contributed by atoms with Crippen LogP contribution in [0, 0.1) is 0 Å². The number of hydrogen-bond donors (Lipinski definition) is 2. The van der Waals surface area contributed by atoms with Crippen molar-refractivity contribution in [3.63, 3.8) is 0 Å². The Balaban J connectivity index is 2.67. The van der Waals surface area contributed by atoms with Crippen LogP contribution in [0.3, 0.4) is 0 Å². The Labute approximate surface area is 73.2 Å². The Morgan fingerprint density at radius 1 is 1.08 bits per heavy atom. The van der Waals surface area contributed by atoms with Gasteiger partial charge in [-0.15, -0.1) is 0 Å². The van der Waals surface area contributed by atoms with Crippen LogP contribution in [0.25, 0.3) is 0 Å². The van der Waals surface area contributed by atoms with Gasteiger partial charge < -0.3 is 10.6 Å². The van der Waals surface area contributed by atoms with Gasteiger partial charge in [0, 0.05) is 25.5 Å². The van der Waals surface area contributed by atoms with Crippen LogP contribution in [-0.4, -0.2) is 19.1 Å². The van der Waals surface area contributed by atoms with Gasteiger partial charge in [-0.25, -0.2) is 0 Å². The van der Waals surface area contributed by atoms with Crippen LogP contribution < -0.4 is 10.6 Å². The molecule has 0 unspecified atom stereocenters. The third-order valence-corrected chi connectivity index (χ3v) is 1.61. The van der Waals surface area contributed by atoms with E-state index >= 15 is 0 Å². The molecular formula is C9H15N3. The van der Waals surface area contributed by atoms with Gasteiger partial charge in [0.2, 0.25) is 0 Å². The molecule has 1 aromatic heterocycles. The lowest BCUT2D eigenvalue weighted by Crippen LogP contribution is -2.08. The molecule has 1 aromatic rings. The second-order valence-corrected chi connectivity index (χ2v) is 2.76. The molecule has 3 nitrogen and oxygen atoms in total. The highest BCUT2D eigenvalue weighted by Crippen LogP contribution is 2.01. The molecule has 3 heteroatoms. The minimum Gasteiger partial charge on any atom is -0.316 e. The van der Waals surface area contributed by atoms with E-state index in [9.17, 15) is 0 Å². The number of pyridine rings is 1. The van der Waals surface area contributed by atoms with Crippen molar-refractivity contribution in [1.29, 1.82) is 0 Å². The highest BCUT2D eigenvalue weighted by molar-refractivity contribution is 5.17. The predicted molar refractivity (Wildman–Crippen MR) is 49.8 cm³/mol. The summed E-state index contributed by atoms with van der Waals surface area (Å²) in [7, 11) is 3.87. The molecule has 0 aliphatic rings. The topological polar surface area (TPSA) is 37.0 Å². The number of nitrogens with zero attached hydrogens (tertiary/aromatic N) is 1. The molecule has 0 radical (unpaired) electrons. The standard InChI is InChI=1S/C9H15N3/c1-10-4-8-3-9(5-11-2)7-12-6-8/h3,6-7,10-11H,4-5H2,1-2H3. The van der Waals surface area contributed by atoms with Crippen LogP contribution in [0.1, 0.15) is 11.1 Å². The normalized spacial score (nSPS) is 10.2. The molecule has 1 heterocycles. The van der Waals surface area contributed by atoms with Crippen LogP contribution in [0.5, 0.6) is 0 Å². The second-order valence-electron chi connectivity index (χ2n) is 2.76. The van der Waals surface area contributed by atoms with Gasteiger partial charge in [-0.2, -0.15) is 0 Å². The van der Waals surface area contributed by atoms with E-state index in [0.29, 0.717) is 0 Å². The van der Waals surface area contributed by atoms with Crippen molar-refractivity contribution in [2.24, 2.45) is 0 Å². The molecule has 0 atom stereocenters. The van der Waals surface area contributed by atoms with Gasteiger partial charge in [-0.1, -0.05) is 6.07 Å². The van der Waals surface area contributed by atoms with Crippen molar-refractivity contribution < 1.29 is 0 Å². The monoisotopic (exact) mass is 165 g/mol. The maximum absolute atomic E-state index is 4.14. The van der Waals surface area contributed by atoms with Gasteiger partial charge >= 0.3 is 0 Å². The average Bonchev–Trinajstić information content (AvgIpc) is 2.06. The van der Waals surface area contributed by atoms with Gasteiger partial charge in [0.25, 0.3) is 0 Å². The molecule has 12 heavy (non-hydrogen) atoms. The molecule has 0 saturated heterocycles. The fourth-order valence-electron chi connectivity index (χ4n) is 1.14. The van der Waals surface area contributed by atoms with E-state index in [4.69, 9.17) is 0 Å². The summed E-state index contributed by atoms with van der Waals surface area (Å²) >= 11 is 0. The summed E-state index contributed by atoms with van der Waals surface area (Å²) in [4.78, 5) is 4.14. The van der Waals surface area contributed by atoms with Crippen LogP contribution in [0.4, 0.5) is 0 Å². The Bertz CT molecular complexity index is 214. The van der Waals surface area contributed by atoms with Crippen molar-refractivity contribution in [2.45, 2.75) is 13.1 Å². The largest absolute Gasteiger partial charge is 0.316 e. The Kier molecular flexibility index (Phi) is 3.70. The molecule has 0 saturated carbocycles. The number of rotatable bonds is 4. The van der Waals surface area contributed by atoms with E-state index in [2.05, 4.69) is 21.7 Å². The van der Waals surface area contributed by atoms with E-state index < -0.39 is 0 Å². The number of hydrogen-bond acceptors (Lipinski definition) is 3. The van der Waals surface area contributed by atoms with Crippen molar-refractivity contribution in [3.8, 4) is 0 Å². The SMILES string of the molecule is CNCc1cncc(CNC)c1. The van der Waals surface area contributed by atoms with E-state index in [1.165, 1.54) is 11.1 Å². The molecule has 1 rings (SSSR count). The molecule has 0 aliphatic heterocycles. The average molecular weight is 165 g/mol. The van der Waals surface area contributed by atoms with E-state index in [-0.39, 0.29) is 0 Å². The molecule has 0 spiro atoms. The second kappa shape index (κ2) is 4.85. The summed E-state index contributed by atoms with van der Waals surface area (Å²) in [5, 5.41) is 6.19. The van der Waals surface area contributed by atoms with Gasteiger partial charge in [-0.05, 0) is 25.2 Å². The first-order valence-electron chi connectivity index (χ1n) is 4.09. The fourth-order valence-corrected chi connectivity index (χ4v) is 1.14. The molecule has 0 fully saturated rings. The van der Waals surface area contributed by atoms with Crippen molar-refractivity contribution in [2.75, 3.05) is 14.1 Å². The Morgan fingerprint density at radius 3 is 2.00 bits per heavy atom. The van der Waals surface area contributed by atoms with Crippen LogP contribution in [0.2, 0.25) is 0 Å². The quantitative estimate of drug-likeness (QED) is 0.683. The zero-order chi connectivity index (χ0) is 8.81. The van der Waals surface area contributed by atoms with E-state index in [1.807, 2.05) is 26.5 Å². The molecule has 0 aromatic carbocycles. The Morgan fingerprint density at radius 2 is 1.58 bits per heavy atom. The van der Waals surface area contributed by atoms with Crippen LogP contribution >= 0.6 is 0 Å². The van der Waals surface area contributed by atoms with Crippen LogP contribution in [0.15, 0.2) is 18.5 Å². The highest BCUT2D eigenvalue weighted by Gasteiger charge is 1.94. The Hall–Kier alpha value is -0.930. The summed E-state index contributed by atoms with van der Waals surface area (Å²) < 4.78 is 0. The van der Waals surface area contributed by atoms with Gasteiger partial charge in [-0.3, -0.25) is 4.98 Å². The minimum atomic E-state index is 0.880. The first-order chi connectivity index (χ1) is 5.86. The molecule has 0 bridgehead atoms. The lowest BCUT2D eigenvalue weighted by molar-refractivity contribution is 0.789. The maximum atomic E-state index is 4.14. The molecule has 66 valence electrons. The first-order valence-corrected chi connectivity index (χ1v) is 4.09. The van der Waals surface area contributed by atoms with E-state index in [1.54, 1.807) is 0 Å². The molecule has 0 amide bonds. The molecular weight excluding hydrogens is 150 g/mol. The lowest BCUT2D eigenvalue weighted by atomic mass is 10.2. The maximum Gasteiger partial charge on any atom is 0.0313 e. The third-order valence-electron chi connectivity index (χ3n) is 1.61. The number of nitrogens with one attached hydrogen (secondary N) is 2. The first kappa shape index (κ1) is 9.16. The minimum absolute atomic E-state index is 0.880. The summed E-state index contributed by atoms with van der Waals surface area (Å²) in [6.07, 6.45) is 3.77. The lowest BCUT2D eigenvalue weighted by Gasteiger charge is -2.02. The number of aromatic nitrogens is 1. The van der Waals surface area contributed by atoms with Gasteiger partial charge in [0.15, 0.2) is 0 Å². The molecule has 2 N–H and O–H groups in total. The zero-order valence-electron chi connectivity index (χ0n) is 7.59. The summed E-state index contributed by atoms with van der Waals surface area (Å²) in [5.41, 5.74) is 2.45. The smallest absolute Gasteiger partial charge is 0.0313 e.